The zero-order valence-electron chi connectivity index (χ0n) is 17.2. The van der Waals surface area contributed by atoms with E-state index in [2.05, 4.69) is 37.5 Å². The summed E-state index contributed by atoms with van der Waals surface area (Å²) in [4.78, 5) is 2.25. The van der Waals surface area contributed by atoms with Gasteiger partial charge in [0, 0.05) is 23.2 Å². The molecule has 3 unspecified atom stereocenters. The Morgan fingerprint density at radius 1 is 1.14 bits per heavy atom. The van der Waals surface area contributed by atoms with Crippen LogP contribution in [0, 0.1) is 0 Å². The Hall–Kier alpha value is -2.49. The van der Waals surface area contributed by atoms with Crippen LogP contribution in [0.3, 0.4) is 0 Å². The first kappa shape index (κ1) is 21.2. The maximum atomic E-state index is 13.5. The number of rotatable bonds is 6. The molecule has 0 aromatic heterocycles. The molecule has 0 fully saturated rings. The molecular weight excluding hydrogens is 371 g/mol. The zero-order chi connectivity index (χ0) is 21.2. The summed E-state index contributed by atoms with van der Waals surface area (Å²) in [5.74, 6) is -0.000799. The number of fused-ring (bicyclic) bond motifs is 1. The third-order valence-electron chi connectivity index (χ3n) is 5.89. The maximum absolute atomic E-state index is 13.5. The van der Waals surface area contributed by atoms with Crippen LogP contribution in [0.4, 0.5) is 13.2 Å². The predicted molar refractivity (Wildman–Crippen MR) is 114 cm³/mol. The van der Waals surface area contributed by atoms with Gasteiger partial charge in [0.15, 0.2) is 0 Å². The van der Waals surface area contributed by atoms with Crippen LogP contribution in [0.2, 0.25) is 0 Å². The maximum Gasteiger partial charge on any atom is 0.416 e. The summed E-state index contributed by atoms with van der Waals surface area (Å²) >= 11 is 0. The van der Waals surface area contributed by atoms with Crippen LogP contribution in [0.25, 0.3) is 5.70 Å². The van der Waals surface area contributed by atoms with Gasteiger partial charge in [-0.3, -0.25) is 0 Å². The first-order chi connectivity index (χ1) is 13.8. The van der Waals surface area contributed by atoms with Crippen molar-refractivity contribution in [2.45, 2.75) is 57.8 Å². The molecule has 0 bridgehead atoms. The van der Waals surface area contributed by atoms with E-state index in [0.717, 1.165) is 29.7 Å². The second-order valence-electron chi connectivity index (χ2n) is 7.62. The van der Waals surface area contributed by atoms with E-state index >= 15 is 0 Å². The monoisotopic (exact) mass is 399 g/mol. The molecule has 0 amide bonds. The topological polar surface area (TPSA) is 3.24 Å². The minimum absolute atomic E-state index is 0.000799. The number of nitrogens with zero attached hydrogens (tertiary/aromatic N) is 1. The second kappa shape index (κ2) is 8.48. The Morgan fingerprint density at radius 2 is 1.90 bits per heavy atom. The molecule has 0 saturated heterocycles. The standard InChI is InChI=1S/C25H28F3N/c1-5-17(4)29-23-11-9-8-10-19(23)12-15-24(29)22-16-20(25(26,27)28)13-14-21(22)18(6-2)7-3/h6,8-18,23H,2,5,7H2,1,3-4H3. The van der Waals surface area contributed by atoms with Gasteiger partial charge < -0.3 is 4.90 Å². The third kappa shape index (κ3) is 4.12. The van der Waals surface area contributed by atoms with E-state index in [0.29, 0.717) is 5.56 Å². The van der Waals surface area contributed by atoms with E-state index < -0.39 is 11.7 Å². The van der Waals surface area contributed by atoms with Crippen LogP contribution in [-0.4, -0.2) is 17.0 Å². The van der Waals surface area contributed by atoms with Crippen molar-refractivity contribution in [2.75, 3.05) is 0 Å². The Kier molecular flexibility index (Phi) is 6.21. The Bertz CT molecular complexity index is 886. The van der Waals surface area contributed by atoms with Gasteiger partial charge in [-0.1, -0.05) is 56.4 Å². The SMILES string of the molecule is C=CC(CC)c1ccc(C(F)(F)F)cc1C1=CC=C2C=CC=CC2N1C(C)CC. The van der Waals surface area contributed by atoms with Crippen molar-refractivity contribution in [1.82, 2.24) is 4.90 Å². The van der Waals surface area contributed by atoms with E-state index in [1.54, 1.807) is 6.07 Å². The minimum Gasteiger partial charge on any atom is -0.358 e. The van der Waals surface area contributed by atoms with Crippen LogP contribution in [-0.2, 0) is 6.18 Å². The van der Waals surface area contributed by atoms with Crippen molar-refractivity contribution in [3.8, 4) is 0 Å². The van der Waals surface area contributed by atoms with Gasteiger partial charge in [-0.2, -0.15) is 13.2 Å². The van der Waals surface area contributed by atoms with Gasteiger partial charge in [-0.05, 0) is 49.1 Å². The van der Waals surface area contributed by atoms with E-state index in [9.17, 15) is 13.2 Å². The fraction of sp³-hybridized carbons (Fsp3) is 0.360. The lowest BCUT2D eigenvalue weighted by molar-refractivity contribution is -0.137. The lowest BCUT2D eigenvalue weighted by Gasteiger charge is -2.43. The molecule has 1 aliphatic heterocycles. The van der Waals surface area contributed by atoms with E-state index in [4.69, 9.17) is 0 Å². The van der Waals surface area contributed by atoms with Crippen molar-refractivity contribution in [3.05, 3.63) is 89.6 Å². The first-order valence-corrected chi connectivity index (χ1v) is 10.2. The van der Waals surface area contributed by atoms with E-state index in [-0.39, 0.29) is 18.0 Å². The zero-order valence-corrected chi connectivity index (χ0v) is 17.2. The highest BCUT2D eigenvalue weighted by atomic mass is 19.4. The lowest BCUT2D eigenvalue weighted by atomic mass is 9.86. The summed E-state index contributed by atoms with van der Waals surface area (Å²) in [6.07, 6.45) is 11.3. The molecular formula is C25H28F3N. The number of benzene rings is 1. The second-order valence-corrected chi connectivity index (χ2v) is 7.62. The van der Waals surface area contributed by atoms with Gasteiger partial charge in [0.25, 0.3) is 0 Å². The molecule has 154 valence electrons. The van der Waals surface area contributed by atoms with Crippen LogP contribution in [0.1, 0.15) is 56.2 Å². The summed E-state index contributed by atoms with van der Waals surface area (Å²) in [6.45, 7) is 10.2. The highest BCUT2D eigenvalue weighted by molar-refractivity contribution is 5.73. The summed E-state index contributed by atoms with van der Waals surface area (Å²) in [7, 11) is 0. The van der Waals surface area contributed by atoms with Crippen LogP contribution in [0.5, 0.6) is 0 Å². The van der Waals surface area contributed by atoms with Crippen LogP contribution in [0.15, 0.2) is 72.9 Å². The fourth-order valence-corrected chi connectivity index (χ4v) is 4.09. The molecule has 3 rings (SSSR count). The van der Waals surface area contributed by atoms with Gasteiger partial charge in [0.1, 0.15) is 0 Å². The highest BCUT2D eigenvalue weighted by Crippen LogP contribution is 2.40. The van der Waals surface area contributed by atoms with Crippen molar-refractivity contribution >= 4 is 5.70 Å². The number of allylic oxidation sites excluding steroid dienone is 5. The summed E-state index contributed by atoms with van der Waals surface area (Å²) in [6, 6.07) is 4.33. The van der Waals surface area contributed by atoms with Gasteiger partial charge in [0.2, 0.25) is 0 Å². The molecule has 0 N–H and O–H groups in total. The van der Waals surface area contributed by atoms with Crippen molar-refractivity contribution in [3.63, 3.8) is 0 Å². The van der Waals surface area contributed by atoms with Crippen molar-refractivity contribution in [2.24, 2.45) is 0 Å². The average Bonchev–Trinajstić information content (AvgIpc) is 2.72. The molecule has 1 aromatic carbocycles. The molecule has 3 atom stereocenters. The summed E-state index contributed by atoms with van der Waals surface area (Å²) < 4.78 is 40.6. The third-order valence-corrected chi connectivity index (χ3v) is 5.89. The number of alkyl halides is 3. The van der Waals surface area contributed by atoms with Gasteiger partial charge in [-0.15, -0.1) is 6.58 Å². The van der Waals surface area contributed by atoms with Gasteiger partial charge in [0.05, 0.1) is 11.6 Å². The Balaban J connectivity index is 2.23. The number of hydrogen-bond donors (Lipinski definition) is 0. The van der Waals surface area contributed by atoms with E-state index in [1.165, 1.54) is 12.1 Å². The van der Waals surface area contributed by atoms with Crippen molar-refractivity contribution in [1.29, 1.82) is 0 Å². The van der Waals surface area contributed by atoms with Crippen molar-refractivity contribution < 1.29 is 13.2 Å². The number of halogens is 3. The first-order valence-electron chi connectivity index (χ1n) is 10.2. The molecule has 0 spiro atoms. The van der Waals surface area contributed by atoms with Gasteiger partial charge >= 0.3 is 6.18 Å². The molecule has 1 heterocycles. The van der Waals surface area contributed by atoms with Crippen LogP contribution < -0.4 is 0 Å². The largest absolute Gasteiger partial charge is 0.416 e. The minimum atomic E-state index is -4.38. The Morgan fingerprint density at radius 3 is 2.52 bits per heavy atom. The molecule has 4 heteroatoms. The van der Waals surface area contributed by atoms with Crippen LogP contribution >= 0.6 is 0 Å². The normalized spacial score (nSPS) is 20.6. The molecule has 0 saturated carbocycles. The summed E-state index contributed by atoms with van der Waals surface area (Å²) in [5.41, 5.74) is 2.91. The predicted octanol–water partition coefficient (Wildman–Crippen LogP) is 7.26. The summed E-state index contributed by atoms with van der Waals surface area (Å²) in [5, 5.41) is 0. The molecule has 1 nitrogen and oxygen atoms in total. The Labute approximate surface area is 171 Å². The van der Waals surface area contributed by atoms with E-state index in [1.807, 2.05) is 37.3 Å². The van der Waals surface area contributed by atoms with Gasteiger partial charge in [-0.25, -0.2) is 0 Å². The molecule has 1 aromatic rings. The average molecular weight is 400 g/mol. The molecule has 2 aliphatic rings. The number of hydrogen-bond acceptors (Lipinski definition) is 1. The smallest absolute Gasteiger partial charge is 0.358 e. The lowest BCUT2D eigenvalue weighted by Crippen LogP contribution is -2.42. The quantitative estimate of drug-likeness (QED) is 0.455. The fourth-order valence-electron chi connectivity index (χ4n) is 4.09. The highest BCUT2D eigenvalue weighted by Gasteiger charge is 2.34. The molecule has 1 aliphatic carbocycles. The molecule has 29 heavy (non-hydrogen) atoms. The molecule has 0 radical (unpaired) electrons.